The zero-order valence-electron chi connectivity index (χ0n) is 10.6. The molecule has 0 aliphatic carbocycles. The Balaban J connectivity index is 2.25. The van der Waals surface area contributed by atoms with Crippen molar-refractivity contribution < 1.29 is 4.79 Å². The maximum atomic E-state index is 11.4. The van der Waals surface area contributed by atoms with Crippen molar-refractivity contribution in [2.45, 2.75) is 6.92 Å². The van der Waals surface area contributed by atoms with Crippen LogP contribution in [0.15, 0.2) is 36.4 Å². The van der Waals surface area contributed by atoms with Gasteiger partial charge in [0.2, 0.25) is 0 Å². The second-order valence-electron chi connectivity index (χ2n) is 4.01. The fraction of sp³-hybridized carbons (Fsp3) is 0.214. The van der Waals surface area contributed by atoms with Gasteiger partial charge in [-0.25, -0.2) is 4.79 Å². The number of hydrogen-bond acceptors (Lipinski definition) is 2. The lowest BCUT2D eigenvalue weighted by atomic mass is 10.1. The average Bonchev–Trinajstić information content (AvgIpc) is 2.38. The van der Waals surface area contributed by atoms with E-state index in [0.29, 0.717) is 6.54 Å². The van der Waals surface area contributed by atoms with Gasteiger partial charge < -0.3 is 16.0 Å². The number of fused-ring (bicyclic) bond motifs is 1. The molecule has 0 saturated carbocycles. The van der Waals surface area contributed by atoms with Crippen molar-refractivity contribution in [2.24, 2.45) is 0 Å². The smallest absolute Gasteiger partial charge is 0.319 e. The van der Waals surface area contributed by atoms with Crippen LogP contribution < -0.4 is 16.0 Å². The van der Waals surface area contributed by atoms with Gasteiger partial charge >= 0.3 is 6.03 Å². The summed E-state index contributed by atoms with van der Waals surface area (Å²) in [6.45, 7) is 2.50. The Morgan fingerprint density at radius 3 is 2.28 bits per heavy atom. The molecular weight excluding hydrogens is 226 g/mol. The summed E-state index contributed by atoms with van der Waals surface area (Å²) in [4.78, 5) is 11.4. The molecule has 0 spiro atoms. The summed E-state index contributed by atoms with van der Waals surface area (Å²) in [5.41, 5.74) is 1.87. The molecule has 18 heavy (non-hydrogen) atoms. The highest BCUT2D eigenvalue weighted by Crippen LogP contribution is 2.22. The summed E-state index contributed by atoms with van der Waals surface area (Å²) in [7, 11) is 1.90. The first-order chi connectivity index (χ1) is 8.72. The highest BCUT2D eigenvalue weighted by molar-refractivity contribution is 5.94. The number of nitrogens with one attached hydrogen (secondary N) is 3. The second kappa shape index (κ2) is 5.40. The molecule has 0 aliphatic heterocycles. The first-order valence-corrected chi connectivity index (χ1v) is 5.99. The Labute approximate surface area is 106 Å². The first kappa shape index (κ1) is 12.2. The van der Waals surface area contributed by atoms with E-state index in [2.05, 4.69) is 22.0 Å². The maximum absolute atomic E-state index is 11.4. The number of rotatable bonds is 3. The fourth-order valence-corrected chi connectivity index (χ4v) is 1.81. The second-order valence-corrected chi connectivity index (χ2v) is 4.01. The molecule has 0 aliphatic rings. The molecule has 4 heteroatoms. The molecule has 3 N–H and O–H groups in total. The van der Waals surface area contributed by atoms with Gasteiger partial charge in [0.1, 0.15) is 0 Å². The van der Waals surface area contributed by atoms with Crippen LogP contribution in [0.1, 0.15) is 6.92 Å². The lowest BCUT2D eigenvalue weighted by Crippen LogP contribution is -2.28. The SMILES string of the molecule is CCNC(=O)Nc1ccc2cc(NC)ccc2c1. The van der Waals surface area contributed by atoms with Crippen LogP contribution in [0.5, 0.6) is 0 Å². The van der Waals surface area contributed by atoms with Crippen molar-refractivity contribution in [1.82, 2.24) is 5.32 Å². The van der Waals surface area contributed by atoms with Crippen molar-refractivity contribution in [2.75, 3.05) is 24.2 Å². The van der Waals surface area contributed by atoms with Crippen LogP contribution in [0, 0.1) is 0 Å². The molecule has 0 bridgehead atoms. The molecule has 4 nitrogen and oxygen atoms in total. The van der Waals surface area contributed by atoms with Gasteiger partial charge in [0.05, 0.1) is 0 Å². The summed E-state index contributed by atoms with van der Waals surface area (Å²) in [5, 5.41) is 10.8. The van der Waals surface area contributed by atoms with Crippen LogP contribution in [0.25, 0.3) is 10.8 Å². The van der Waals surface area contributed by atoms with Gasteiger partial charge in [-0.15, -0.1) is 0 Å². The Kier molecular flexibility index (Phi) is 3.67. The molecular formula is C14H17N3O. The van der Waals surface area contributed by atoms with E-state index in [1.807, 2.05) is 44.3 Å². The van der Waals surface area contributed by atoms with E-state index >= 15 is 0 Å². The van der Waals surface area contributed by atoms with Crippen molar-refractivity contribution in [3.63, 3.8) is 0 Å². The molecule has 0 atom stereocenters. The minimum Gasteiger partial charge on any atom is -0.388 e. The number of carbonyl (C=O) groups is 1. The molecule has 2 amide bonds. The van der Waals surface area contributed by atoms with E-state index in [1.54, 1.807) is 0 Å². The third-order valence-electron chi connectivity index (χ3n) is 2.72. The van der Waals surface area contributed by atoms with Crippen molar-refractivity contribution >= 4 is 28.2 Å². The van der Waals surface area contributed by atoms with Gasteiger partial charge in [-0.2, -0.15) is 0 Å². The van der Waals surface area contributed by atoms with Crippen LogP contribution in [0.4, 0.5) is 16.2 Å². The van der Waals surface area contributed by atoms with E-state index in [4.69, 9.17) is 0 Å². The Hall–Kier alpha value is -2.23. The van der Waals surface area contributed by atoms with Gasteiger partial charge in [0, 0.05) is 25.0 Å². The zero-order valence-corrected chi connectivity index (χ0v) is 10.6. The van der Waals surface area contributed by atoms with E-state index in [1.165, 1.54) is 0 Å². The molecule has 0 fully saturated rings. The molecule has 2 aromatic rings. The molecule has 0 unspecified atom stereocenters. The van der Waals surface area contributed by atoms with E-state index in [0.717, 1.165) is 22.1 Å². The summed E-state index contributed by atoms with van der Waals surface area (Å²) < 4.78 is 0. The van der Waals surface area contributed by atoms with Crippen LogP contribution in [-0.4, -0.2) is 19.6 Å². The molecule has 94 valence electrons. The normalized spacial score (nSPS) is 10.1. The molecule has 2 rings (SSSR count). The van der Waals surface area contributed by atoms with E-state index in [9.17, 15) is 4.79 Å². The fourth-order valence-electron chi connectivity index (χ4n) is 1.81. The topological polar surface area (TPSA) is 53.2 Å². The first-order valence-electron chi connectivity index (χ1n) is 5.99. The quantitative estimate of drug-likeness (QED) is 0.776. The van der Waals surface area contributed by atoms with E-state index in [-0.39, 0.29) is 6.03 Å². The van der Waals surface area contributed by atoms with Gasteiger partial charge in [0.25, 0.3) is 0 Å². The van der Waals surface area contributed by atoms with Crippen LogP contribution in [0.2, 0.25) is 0 Å². The van der Waals surface area contributed by atoms with E-state index < -0.39 is 0 Å². The summed E-state index contributed by atoms with van der Waals surface area (Å²) >= 11 is 0. The maximum Gasteiger partial charge on any atom is 0.319 e. The van der Waals surface area contributed by atoms with Gasteiger partial charge in [-0.1, -0.05) is 12.1 Å². The number of urea groups is 1. The van der Waals surface area contributed by atoms with Crippen LogP contribution in [0.3, 0.4) is 0 Å². The lowest BCUT2D eigenvalue weighted by molar-refractivity contribution is 0.252. The number of carbonyl (C=O) groups excluding carboxylic acids is 1. The number of anilines is 2. The van der Waals surface area contributed by atoms with Crippen LogP contribution >= 0.6 is 0 Å². The van der Waals surface area contributed by atoms with Gasteiger partial charge in [0.15, 0.2) is 0 Å². The minimum absolute atomic E-state index is 0.177. The average molecular weight is 243 g/mol. The predicted molar refractivity (Wildman–Crippen MR) is 76.2 cm³/mol. The summed E-state index contributed by atoms with van der Waals surface area (Å²) in [5.74, 6) is 0. The molecule has 0 aromatic heterocycles. The molecule has 0 radical (unpaired) electrons. The van der Waals surface area contributed by atoms with Gasteiger partial charge in [-0.3, -0.25) is 0 Å². The number of amides is 2. The van der Waals surface area contributed by atoms with Crippen molar-refractivity contribution in [3.05, 3.63) is 36.4 Å². The third kappa shape index (κ3) is 2.71. The van der Waals surface area contributed by atoms with Crippen molar-refractivity contribution in [3.8, 4) is 0 Å². The monoisotopic (exact) mass is 243 g/mol. The zero-order chi connectivity index (χ0) is 13.0. The van der Waals surface area contributed by atoms with Gasteiger partial charge in [-0.05, 0) is 42.0 Å². The molecule has 2 aromatic carbocycles. The highest BCUT2D eigenvalue weighted by atomic mass is 16.2. The third-order valence-corrected chi connectivity index (χ3v) is 2.72. The Morgan fingerprint density at radius 1 is 1.06 bits per heavy atom. The Morgan fingerprint density at radius 2 is 1.67 bits per heavy atom. The molecule has 0 saturated heterocycles. The highest BCUT2D eigenvalue weighted by Gasteiger charge is 2.01. The number of benzene rings is 2. The van der Waals surface area contributed by atoms with Crippen LogP contribution in [-0.2, 0) is 0 Å². The predicted octanol–water partition coefficient (Wildman–Crippen LogP) is 3.02. The standard InChI is InChI=1S/C14H17N3O/c1-3-16-14(18)17-13-7-5-10-8-12(15-2)6-4-11(10)9-13/h4-9,15H,3H2,1-2H3,(H2,16,17,18). The largest absolute Gasteiger partial charge is 0.388 e. The van der Waals surface area contributed by atoms with Crippen molar-refractivity contribution in [1.29, 1.82) is 0 Å². The lowest BCUT2D eigenvalue weighted by Gasteiger charge is -2.08. The minimum atomic E-state index is -0.177. The summed E-state index contributed by atoms with van der Waals surface area (Å²) in [6, 6.07) is 11.8. The number of hydrogen-bond donors (Lipinski definition) is 3. The Bertz CT molecular complexity index is 566. The molecule has 0 heterocycles. The summed E-state index contributed by atoms with van der Waals surface area (Å²) in [6.07, 6.45) is 0.